The molecule has 1 aliphatic rings. The van der Waals surface area contributed by atoms with Crippen LogP contribution in [0, 0.1) is 10.8 Å². The molecule has 0 radical (unpaired) electrons. The third-order valence-corrected chi connectivity index (χ3v) is 4.70. The molecule has 58 valence electrons. The first-order chi connectivity index (χ1) is 4.31. The molecule has 0 atom stereocenters. The van der Waals surface area contributed by atoms with Gasteiger partial charge in [0.15, 0.2) is 0 Å². The maximum absolute atomic E-state index is 6.29. The van der Waals surface area contributed by atoms with E-state index in [1.165, 1.54) is 0 Å². The average Bonchev–Trinajstić information content (AvgIpc) is 2.11. The first-order valence-corrected chi connectivity index (χ1v) is 4.01. The maximum atomic E-state index is 6.29. The largest absolute Gasteiger partial charge is 0.114 e. The van der Waals surface area contributed by atoms with E-state index in [2.05, 4.69) is 34.3 Å². The van der Waals surface area contributed by atoms with Gasteiger partial charge in [0.05, 0.1) is 4.87 Å². The Bertz CT molecular complexity index is 163. The molecule has 0 bridgehead atoms. The van der Waals surface area contributed by atoms with Crippen LogP contribution in [0.4, 0.5) is 0 Å². The Balaban J connectivity index is 3.00. The van der Waals surface area contributed by atoms with Crippen molar-refractivity contribution in [1.82, 2.24) is 0 Å². The molecule has 1 heteroatoms. The van der Waals surface area contributed by atoms with Gasteiger partial charge in [-0.05, 0) is 10.8 Å². The van der Waals surface area contributed by atoms with E-state index in [1.807, 2.05) is 6.08 Å². The van der Waals surface area contributed by atoms with Crippen molar-refractivity contribution in [1.29, 1.82) is 0 Å². The summed E-state index contributed by atoms with van der Waals surface area (Å²) in [5, 5.41) is 0. The highest BCUT2D eigenvalue weighted by atomic mass is 35.5. The van der Waals surface area contributed by atoms with E-state index >= 15 is 0 Å². The SMILES string of the molecule is C=CC1(Cl)C(C)(C)C1(C)C. The molecule has 1 fully saturated rings. The van der Waals surface area contributed by atoms with Gasteiger partial charge in [0.25, 0.3) is 0 Å². The molecular formula is C9H15Cl. The lowest BCUT2D eigenvalue weighted by atomic mass is 10.0. The van der Waals surface area contributed by atoms with Crippen LogP contribution in [0.3, 0.4) is 0 Å². The van der Waals surface area contributed by atoms with Crippen LogP contribution in [0.2, 0.25) is 0 Å². The van der Waals surface area contributed by atoms with Gasteiger partial charge in [-0.1, -0.05) is 33.8 Å². The van der Waals surface area contributed by atoms with E-state index in [1.54, 1.807) is 0 Å². The maximum Gasteiger partial charge on any atom is 0.0736 e. The van der Waals surface area contributed by atoms with E-state index in [4.69, 9.17) is 11.6 Å². The third-order valence-electron chi connectivity index (χ3n) is 3.60. The average molecular weight is 159 g/mol. The topological polar surface area (TPSA) is 0 Å². The molecule has 0 N–H and O–H groups in total. The molecule has 0 amide bonds. The highest BCUT2D eigenvalue weighted by Crippen LogP contribution is 2.75. The number of hydrogen-bond acceptors (Lipinski definition) is 0. The van der Waals surface area contributed by atoms with Gasteiger partial charge in [0, 0.05) is 0 Å². The third kappa shape index (κ3) is 0.505. The number of hydrogen-bond donors (Lipinski definition) is 0. The van der Waals surface area contributed by atoms with Gasteiger partial charge in [0.2, 0.25) is 0 Å². The summed E-state index contributed by atoms with van der Waals surface area (Å²) in [6.45, 7) is 12.5. The van der Waals surface area contributed by atoms with Gasteiger partial charge < -0.3 is 0 Å². The molecule has 0 heterocycles. The van der Waals surface area contributed by atoms with Gasteiger partial charge in [0.1, 0.15) is 0 Å². The molecule has 0 aliphatic heterocycles. The minimum atomic E-state index is -0.181. The van der Waals surface area contributed by atoms with Crippen molar-refractivity contribution in [3.05, 3.63) is 12.7 Å². The van der Waals surface area contributed by atoms with Crippen molar-refractivity contribution < 1.29 is 0 Å². The highest BCUT2D eigenvalue weighted by Gasteiger charge is 2.75. The normalized spacial score (nSPS) is 31.3. The first kappa shape index (κ1) is 8.13. The molecule has 0 saturated heterocycles. The minimum Gasteiger partial charge on any atom is -0.114 e. The molecule has 10 heavy (non-hydrogen) atoms. The second-order valence-corrected chi connectivity index (χ2v) is 4.76. The van der Waals surface area contributed by atoms with Crippen LogP contribution >= 0.6 is 11.6 Å². The molecule has 1 aliphatic carbocycles. The Hall–Kier alpha value is 0.0300. The Morgan fingerprint density at radius 2 is 1.40 bits per heavy atom. The van der Waals surface area contributed by atoms with E-state index in [0.717, 1.165) is 0 Å². The molecule has 0 aromatic heterocycles. The van der Waals surface area contributed by atoms with Gasteiger partial charge in [-0.2, -0.15) is 0 Å². The highest BCUT2D eigenvalue weighted by molar-refractivity contribution is 6.29. The van der Waals surface area contributed by atoms with Crippen LogP contribution in [0.15, 0.2) is 12.7 Å². The summed E-state index contributed by atoms with van der Waals surface area (Å²) in [6.07, 6.45) is 1.87. The number of alkyl halides is 1. The van der Waals surface area contributed by atoms with Crippen LogP contribution < -0.4 is 0 Å². The van der Waals surface area contributed by atoms with E-state index < -0.39 is 0 Å². The lowest BCUT2D eigenvalue weighted by molar-refractivity contribution is 0.457. The van der Waals surface area contributed by atoms with Crippen LogP contribution in [-0.2, 0) is 0 Å². The Morgan fingerprint density at radius 3 is 1.40 bits per heavy atom. The fraction of sp³-hybridized carbons (Fsp3) is 0.778. The zero-order chi connectivity index (χ0) is 8.21. The van der Waals surface area contributed by atoms with Crippen molar-refractivity contribution in [3.8, 4) is 0 Å². The van der Waals surface area contributed by atoms with Gasteiger partial charge in [-0.3, -0.25) is 0 Å². The van der Waals surface area contributed by atoms with Crippen LogP contribution in [0.25, 0.3) is 0 Å². The predicted molar refractivity (Wildman–Crippen MR) is 46.3 cm³/mol. The Labute approximate surface area is 68.3 Å². The lowest BCUT2D eigenvalue weighted by Gasteiger charge is -2.03. The van der Waals surface area contributed by atoms with Crippen LogP contribution in [0.1, 0.15) is 27.7 Å². The van der Waals surface area contributed by atoms with Gasteiger partial charge >= 0.3 is 0 Å². The molecule has 0 spiro atoms. The fourth-order valence-electron chi connectivity index (χ4n) is 1.80. The zero-order valence-electron chi connectivity index (χ0n) is 7.16. The lowest BCUT2D eigenvalue weighted by Crippen LogP contribution is -2.03. The van der Waals surface area contributed by atoms with Crippen molar-refractivity contribution in [3.63, 3.8) is 0 Å². The van der Waals surface area contributed by atoms with E-state index in [-0.39, 0.29) is 15.7 Å². The smallest absolute Gasteiger partial charge is 0.0736 e. The molecule has 0 nitrogen and oxygen atoms in total. The van der Waals surface area contributed by atoms with Crippen molar-refractivity contribution in [2.24, 2.45) is 10.8 Å². The fourth-order valence-corrected chi connectivity index (χ4v) is 2.22. The Kier molecular flexibility index (Phi) is 1.31. The zero-order valence-corrected chi connectivity index (χ0v) is 7.92. The van der Waals surface area contributed by atoms with Crippen molar-refractivity contribution in [2.45, 2.75) is 32.6 Å². The van der Waals surface area contributed by atoms with Gasteiger partial charge in [-0.25, -0.2) is 0 Å². The second-order valence-electron chi connectivity index (χ2n) is 4.17. The number of halogens is 1. The molecular weight excluding hydrogens is 144 g/mol. The number of allylic oxidation sites excluding steroid dienone is 1. The summed E-state index contributed by atoms with van der Waals surface area (Å²) in [6, 6.07) is 0. The summed E-state index contributed by atoms with van der Waals surface area (Å²) < 4.78 is 0. The summed E-state index contributed by atoms with van der Waals surface area (Å²) in [5.41, 5.74) is 0.395. The summed E-state index contributed by atoms with van der Waals surface area (Å²) in [5.74, 6) is 0. The number of rotatable bonds is 1. The van der Waals surface area contributed by atoms with Gasteiger partial charge in [-0.15, -0.1) is 18.2 Å². The Morgan fingerprint density at radius 1 is 1.10 bits per heavy atom. The monoisotopic (exact) mass is 158 g/mol. The summed E-state index contributed by atoms with van der Waals surface area (Å²) in [7, 11) is 0. The van der Waals surface area contributed by atoms with Crippen LogP contribution in [0.5, 0.6) is 0 Å². The standard InChI is InChI=1S/C9H15Cl/c1-6-9(10)7(2,3)8(9,4)5/h6H,1H2,2-5H3. The summed E-state index contributed by atoms with van der Waals surface area (Å²) >= 11 is 6.29. The molecule has 0 aromatic carbocycles. The summed E-state index contributed by atoms with van der Waals surface area (Å²) in [4.78, 5) is -0.181. The quantitative estimate of drug-likeness (QED) is 0.406. The van der Waals surface area contributed by atoms with E-state index in [9.17, 15) is 0 Å². The van der Waals surface area contributed by atoms with Crippen LogP contribution in [-0.4, -0.2) is 4.87 Å². The van der Waals surface area contributed by atoms with Crippen molar-refractivity contribution in [2.75, 3.05) is 0 Å². The van der Waals surface area contributed by atoms with Crippen molar-refractivity contribution >= 4 is 11.6 Å². The molecule has 0 aromatic rings. The molecule has 1 saturated carbocycles. The molecule has 0 unspecified atom stereocenters. The molecule has 1 rings (SSSR count). The van der Waals surface area contributed by atoms with E-state index in [0.29, 0.717) is 0 Å². The second kappa shape index (κ2) is 1.61. The first-order valence-electron chi connectivity index (χ1n) is 3.64. The predicted octanol–water partition coefficient (Wildman–Crippen LogP) is 3.22. The minimum absolute atomic E-state index is 0.181.